The molecule has 0 aliphatic rings. The van der Waals surface area contributed by atoms with Crippen LogP contribution in [0.15, 0.2) is 0 Å². The van der Waals surface area contributed by atoms with E-state index in [9.17, 15) is 4.79 Å². The molecular weight excluding hydrogens is 254 g/mol. The van der Waals surface area contributed by atoms with Crippen LogP contribution in [-0.4, -0.2) is 16.3 Å². The fraction of sp³-hybridized carbons (Fsp3) is 0.750. The summed E-state index contributed by atoms with van der Waals surface area (Å²) in [4.78, 5) is 11.5. The third kappa shape index (κ3) is 6.57. The van der Waals surface area contributed by atoms with E-state index in [0.717, 1.165) is 19.3 Å². The number of halogens is 1. The first kappa shape index (κ1) is 14.5. The predicted octanol–water partition coefficient (Wildman–Crippen LogP) is 2.86. The smallest absolute Gasteiger partial charge is 0.234 e. The van der Waals surface area contributed by atoms with Crippen LogP contribution in [0.3, 0.4) is 0 Å². The van der Waals surface area contributed by atoms with Crippen molar-refractivity contribution in [2.45, 2.75) is 57.3 Å². The highest BCUT2D eigenvalue weighted by Gasteiger charge is 2.21. The lowest BCUT2D eigenvalue weighted by atomic mass is 10.1. The van der Waals surface area contributed by atoms with E-state index in [0.29, 0.717) is 0 Å². The molecule has 1 atom stereocenters. The van der Waals surface area contributed by atoms with Crippen molar-refractivity contribution in [1.29, 1.82) is 0 Å². The molecule has 0 aromatic carbocycles. The van der Waals surface area contributed by atoms with Gasteiger partial charge < -0.3 is 5.32 Å². The van der Waals surface area contributed by atoms with Gasteiger partial charge in [-0.05, 0) is 26.7 Å². The van der Waals surface area contributed by atoms with E-state index in [1.54, 1.807) is 0 Å². The second-order valence-corrected chi connectivity index (χ2v) is 5.15. The molecule has 0 aliphatic heterocycles. The quantitative estimate of drug-likeness (QED) is 0.620. The van der Waals surface area contributed by atoms with Gasteiger partial charge >= 0.3 is 0 Å². The molecule has 1 N–H and O–H groups in total. The van der Waals surface area contributed by atoms with Gasteiger partial charge in [-0.1, -0.05) is 35.7 Å². The molecule has 86 valence electrons. The monoisotopic (exact) mass is 273 g/mol. The Labute approximate surface area is 101 Å². The molecule has 0 bridgehead atoms. The molecule has 0 fully saturated rings. The minimum absolute atomic E-state index is 0.00768. The lowest BCUT2D eigenvalue weighted by molar-refractivity contribution is -0.121. The van der Waals surface area contributed by atoms with Gasteiger partial charge in [-0.2, -0.15) is 0 Å². The van der Waals surface area contributed by atoms with Gasteiger partial charge in [0.05, 0.1) is 10.4 Å². The Morgan fingerprint density at radius 1 is 1.47 bits per heavy atom. The molecule has 0 saturated heterocycles. The molecule has 1 unspecified atom stereocenters. The SMILES string of the molecule is CCCC#CC(C)(C)NC(=O)C(Br)CC. The summed E-state index contributed by atoms with van der Waals surface area (Å²) in [6.07, 6.45) is 2.71. The second-order valence-electron chi connectivity index (χ2n) is 4.04. The number of nitrogens with one attached hydrogen (secondary N) is 1. The van der Waals surface area contributed by atoms with Crippen molar-refractivity contribution in [3.8, 4) is 11.8 Å². The molecule has 1 amide bonds. The third-order valence-electron chi connectivity index (χ3n) is 1.85. The molecule has 0 radical (unpaired) electrons. The standard InChI is InChI=1S/C12H20BrNO/c1-5-7-8-9-12(3,4)14-11(15)10(13)6-2/h10H,5-7H2,1-4H3,(H,14,15). The summed E-state index contributed by atoms with van der Waals surface area (Å²) >= 11 is 3.32. The van der Waals surface area contributed by atoms with Crippen molar-refractivity contribution in [1.82, 2.24) is 5.32 Å². The number of rotatable bonds is 4. The number of alkyl halides is 1. The minimum Gasteiger partial charge on any atom is -0.339 e. The predicted molar refractivity (Wildman–Crippen MR) is 67.9 cm³/mol. The van der Waals surface area contributed by atoms with Crippen molar-refractivity contribution < 1.29 is 4.79 Å². The van der Waals surface area contributed by atoms with Crippen LogP contribution in [0.25, 0.3) is 0 Å². The zero-order valence-electron chi connectivity index (χ0n) is 9.98. The van der Waals surface area contributed by atoms with E-state index in [-0.39, 0.29) is 10.7 Å². The molecule has 3 heteroatoms. The number of carbonyl (C=O) groups is 1. The second kappa shape index (κ2) is 6.90. The Morgan fingerprint density at radius 3 is 2.53 bits per heavy atom. The number of hydrogen-bond acceptors (Lipinski definition) is 1. The van der Waals surface area contributed by atoms with Crippen LogP contribution in [-0.2, 0) is 4.79 Å². The molecule has 0 heterocycles. The number of unbranched alkanes of at least 4 members (excludes halogenated alkanes) is 1. The van der Waals surface area contributed by atoms with Gasteiger partial charge in [-0.15, -0.1) is 5.92 Å². The zero-order chi connectivity index (χ0) is 11.9. The van der Waals surface area contributed by atoms with Crippen molar-refractivity contribution in [3.05, 3.63) is 0 Å². The lowest BCUT2D eigenvalue weighted by Crippen LogP contribution is -2.45. The first-order valence-electron chi connectivity index (χ1n) is 5.39. The largest absolute Gasteiger partial charge is 0.339 e. The Bertz CT molecular complexity index is 263. The molecule has 0 aromatic heterocycles. The highest BCUT2D eigenvalue weighted by molar-refractivity contribution is 9.10. The highest BCUT2D eigenvalue weighted by Crippen LogP contribution is 2.08. The summed E-state index contributed by atoms with van der Waals surface area (Å²) in [5.41, 5.74) is -0.437. The molecule has 0 aliphatic carbocycles. The van der Waals surface area contributed by atoms with E-state index in [2.05, 4.69) is 40.0 Å². The molecule has 15 heavy (non-hydrogen) atoms. The van der Waals surface area contributed by atoms with Crippen molar-refractivity contribution in [3.63, 3.8) is 0 Å². The lowest BCUT2D eigenvalue weighted by Gasteiger charge is -2.21. The summed E-state index contributed by atoms with van der Waals surface area (Å²) in [5.74, 6) is 6.13. The Balaban J connectivity index is 4.26. The maximum Gasteiger partial charge on any atom is 0.234 e. The highest BCUT2D eigenvalue weighted by atomic mass is 79.9. The average molecular weight is 274 g/mol. The van der Waals surface area contributed by atoms with Gasteiger partial charge in [0.25, 0.3) is 0 Å². The molecule has 0 spiro atoms. The molecule has 0 saturated carbocycles. The fourth-order valence-electron chi connectivity index (χ4n) is 1.01. The Morgan fingerprint density at radius 2 is 2.07 bits per heavy atom. The zero-order valence-corrected chi connectivity index (χ0v) is 11.6. The van der Waals surface area contributed by atoms with Gasteiger partial charge in [0.15, 0.2) is 0 Å². The maximum absolute atomic E-state index is 11.6. The normalized spacial score (nSPS) is 12.6. The van der Waals surface area contributed by atoms with Crippen molar-refractivity contribution in [2.75, 3.05) is 0 Å². The number of carbonyl (C=O) groups excluding carboxylic acids is 1. The summed E-state index contributed by atoms with van der Waals surface area (Å²) < 4.78 is 0. The van der Waals surface area contributed by atoms with Gasteiger partial charge in [-0.25, -0.2) is 0 Å². The minimum atomic E-state index is -0.437. The third-order valence-corrected chi connectivity index (χ3v) is 2.92. The Kier molecular flexibility index (Phi) is 6.67. The number of amides is 1. The molecule has 2 nitrogen and oxygen atoms in total. The van der Waals surface area contributed by atoms with Crippen molar-refractivity contribution >= 4 is 21.8 Å². The van der Waals surface area contributed by atoms with E-state index in [4.69, 9.17) is 0 Å². The first-order valence-corrected chi connectivity index (χ1v) is 6.30. The molecular formula is C12H20BrNO. The van der Waals surface area contributed by atoms with E-state index in [1.165, 1.54) is 0 Å². The summed E-state index contributed by atoms with van der Waals surface area (Å²) in [5, 5.41) is 2.91. The van der Waals surface area contributed by atoms with Crippen LogP contribution >= 0.6 is 15.9 Å². The average Bonchev–Trinajstić information content (AvgIpc) is 2.16. The van der Waals surface area contributed by atoms with Gasteiger partial charge in [-0.3, -0.25) is 4.79 Å². The Hall–Kier alpha value is -0.490. The molecule has 0 rings (SSSR count). The van der Waals surface area contributed by atoms with Crippen LogP contribution in [0, 0.1) is 11.8 Å². The topological polar surface area (TPSA) is 29.1 Å². The number of hydrogen-bond donors (Lipinski definition) is 1. The van der Waals surface area contributed by atoms with Crippen LogP contribution in [0.2, 0.25) is 0 Å². The molecule has 0 aromatic rings. The van der Waals surface area contributed by atoms with E-state index >= 15 is 0 Å². The van der Waals surface area contributed by atoms with E-state index < -0.39 is 5.54 Å². The van der Waals surface area contributed by atoms with Gasteiger partial charge in [0.2, 0.25) is 5.91 Å². The first-order chi connectivity index (χ1) is 6.93. The van der Waals surface area contributed by atoms with Crippen LogP contribution in [0.1, 0.15) is 47.0 Å². The summed E-state index contributed by atoms with van der Waals surface area (Å²) in [6.45, 7) is 7.90. The van der Waals surface area contributed by atoms with Gasteiger partial charge in [0, 0.05) is 6.42 Å². The summed E-state index contributed by atoms with van der Waals surface area (Å²) in [6, 6.07) is 0. The van der Waals surface area contributed by atoms with Crippen molar-refractivity contribution in [2.24, 2.45) is 0 Å². The fourth-order valence-corrected chi connectivity index (χ4v) is 1.13. The summed E-state index contributed by atoms with van der Waals surface area (Å²) in [7, 11) is 0. The van der Waals surface area contributed by atoms with Crippen LogP contribution in [0.5, 0.6) is 0 Å². The van der Waals surface area contributed by atoms with E-state index in [1.807, 2.05) is 20.8 Å². The van der Waals surface area contributed by atoms with Crippen LogP contribution < -0.4 is 5.32 Å². The van der Waals surface area contributed by atoms with Crippen LogP contribution in [0.4, 0.5) is 0 Å². The van der Waals surface area contributed by atoms with Gasteiger partial charge in [0.1, 0.15) is 0 Å². The maximum atomic E-state index is 11.6.